The first kappa shape index (κ1) is 19.1. The molecule has 0 saturated heterocycles. The number of ether oxygens (including phenoxy) is 2. The van der Waals surface area contributed by atoms with E-state index in [2.05, 4.69) is 10.6 Å². The van der Waals surface area contributed by atoms with Gasteiger partial charge in [0.15, 0.2) is 0 Å². The third-order valence-corrected chi connectivity index (χ3v) is 3.89. The van der Waals surface area contributed by atoms with E-state index in [1.165, 1.54) is 0 Å². The number of carbonyl (C=O) groups excluding carboxylic acids is 1. The molecule has 0 fully saturated rings. The summed E-state index contributed by atoms with van der Waals surface area (Å²) in [5, 5.41) is 6.43. The van der Waals surface area contributed by atoms with Crippen molar-refractivity contribution in [3.05, 3.63) is 52.5 Å². The van der Waals surface area contributed by atoms with Crippen molar-refractivity contribution in [2.45, 2.75) is 13.8 Å². The zero-order chi connectivity index (χ0) is 18.2. The Hall–Kier alpha value is -2.24. The van der Waals surface area contributed by atoms with Gasteiger partial charge in [-0.3, -0.25) is 4.79 Å². The van der Waals surface area contributed by atoms with Gasteiger partial charge in [0.2, 0.25) is 5.91 Å². The van der Waals surface area contributed by atoms with E-state index in [1.807, 2.05) is 50.2 Å². The van der Waals surface area contributed by atoms with Gasteiger partial charge in [-0.25, -0.2) is 0 Å². The predicted octanol–water partition coefficient (Wildman–Crippen LogP) is 3.57. The number of amides is 1. The molecule has 2 rings (SSSR count). The summed E-state index contributed by atoms with van der Waals surface area (Å²) in [5.41, 5.74) is 2.67. The van der Waals surface area contributed by atoms with Crippen LogP contribution in [0.5, 0.6) is 11.5 Å². The van der Waals surface area contributed by atoms with Crippen LogP contribution in [-0.4, -0.2) is 32.7 Å². The highest BCUT2D eigenvalue weighted by Gasteiger charge is 2.09. The molecule has 0 aliphatic rings. The van der Waals surface area contributed by atoms with E-state index in [0.717, 1.165) is 22.6 Å². The van der Waals surface area contributed by atoms with Crippen LogP contribution in [0, 0.1) is 13.8 Å². The van der Waals surface area contributed by atoms with Gasteiger partial charge in [0.1, 0.15) is 18.1 Å². The molecular weight excluding hydrogens is 340 g/mol. The molecule has 0 aliphatic carbocycles. The standard InChI is InChI=1S/C19H23ClN2O3/c1-13-10-14(2)19(17(20)11-13)22-18(23)12-21-8-9-25-16-6-4-15(24-3)5-7-16/h4-7,10-11,21H,8-9,12H2,1-3H3,(H,22,23). The van der Waals surface area contributed by atoms with Gasteiger partial charge < -0.3 is 20.1 Å². The van der Waals surface area contributed by atoms with E-state index in [0.29, 0.717) is 23.9 Å². The molecule has 2 N–H and O–H groups in total. The summed E-state index contributed by atoms with van der Waals surface area (Å²) in [4.78, 5) is 12.0. The molecule has 0 atom stereocenters. The normalized spacial score (nSPS) is 10.4. The molecule has 0 aromatic heterocycles. The molecule has 0 heterocycles. The lowest BCUT2D eigenvalue weighted by atomic mass is 10.1. The molecule has 25 heavy (non-hydrogen) atoms. The summed E-state index contributed by atoms with van der Waals surface area (Å²) in [6.45, 7) is 5.10. The zero-order valence-electron chi connectivity index (χ0n) is 14.7. The monoisotopic (exact) mass is 362 g/mol. The van der Waals surface area contributed by atoms with E-state index in [1.54, 1.807) is 7.11 Å². The fourth-order valence-corrected chi connectivity index (χ4v) is 2.74. The van der Waals surface area contributed by atoms with Crippen molar-refractivity contribution in [3.63, 3.8) is 0 Å². The van der Waals surface area contributed by atoms with Gasteiger partial charge >= 0.3 is 0 Å². The minimum atomic E-state index is -0.140. The fraction of sp³-hybridized carbons (Fsp3) is 0.316. The Kier molecular flexibility index (Phi) is 7.10. The first-order valence-corrected chi connectivity index (χ1v) is 8.41. The Balaban J connectivity index is 1.70. The van der Waals surface area contributed by atoms with Gasteiger partial charge in [0.25, 0.3) is 0 Å². The van der Waals surface area contributed by atoms with Crippen LogP contribution in [0.4, 0.5) is 5.69 Å². The van der Waals surface area contributed by atoms with Gasteiger partial charge in [0, 0.05) is 6.54 Å². The van der Waals surface area contributed by atoms with Crippen LogP contribution in [0.2, 0.25) is 5.02 Å². The Morgan fingerprint density at radius 1 is 1.12 bits per heavy atom. The van der Waals surface area contributed by atoms with Crippen LogP contribution in [-0.2, 0) is 4.79 Å². The number of halogens is 1. The summed E-state index contributed by atoms with van der Waals surface area (Å²) in [6, 6.07) is 11.2. The van der Waals surface area contributed by atoms with E-state index in [4.69, 9.17) is 21.1 Å². The van der Waals surface area contributed by atoms with Crippen LogP contribution >= 0.6 is 11.6 Å². The lowest BCUT2D eigenvalue weighted by Gasteiger charge is -2.12. The van der Waals surface area contributed by atoms with Crippen molar-refractivity contribution in [1.29, 1.82) is 0 Å². The second-order valence-corrected chi connectivity index (χ2v) is 6.09. The van der Waals surface area contributed by atoms with Gasteiger partial charge in [0.05, 0.1) is 24.4 Å². The molecule has 5 nitrogen and oxygen atoms in total. The highest BCUT2D eigenvalue weighted by molar-refractivity contribution is 6.34. The van der Waals surface area contributed by atoms with E-state index in [-0.39, 0.29) is 12.5 Å². The molecule has 134 valence electrons. The van der Waals surface area contributed by atoms with Crippen LogP contribution in [0.15, 0.2) is 36.4 Å². The summed E-state index contributed by atoms with van der Waals surface area (Å²) >= 11 is 6.19. The fourth-order valence-electron chi connectivity index (χ4n) is 2.37. The first-order valence-electron chi connectivity index (χ1n) is 8.04. The summed E-state index contributed by atoms with van der Waals surface area (Å²) < 4.78 is 10.7. The van der Waals surface area contributed by atoms with Crippen LogP contribution in [0.25, 0.3) is 0 Å². The van der Waals surface area contributed by atoms with Crippen molar-refractivity contribution < 1.29 is 14.3 Å². The minimum absolute atomic E-state index is 0.140. The number of aryl methyl sites for hydroxylation is 2. The van der Waals surface area contributed by atoms with Crippen molar-refractivity contribution in [2.24, 2.45) is 0 Å². The molecule has 0 aliphatic heterocycles. The van der Waals surface area contributed by atoms with Gasteiger partial charge in [-0.05, 0) is 55.3 Å². The van der Waals surface area contributed by atoms with E-state index in [9.17, 15) is 4.79 Å². The third-order valence-electron chi connectivity index (χ3n) is 3.59. The molecule has 6 heteroatoms. The molecule has 2 aromatic rings. The maximum atomic E-state index is 12.0. The molecule has 0 unspecified atom stereocenters. The number of nitrogens with one attached hydrogen (secondary N) is 2. The molecule has 1 amide bonds. The van der Waals surface area contributed by atoms with E-state index < -0.39 is 0 Å². The second-order valence-electron chi connectivity index (χ2n) is 5.69. The molecule has 0 saturated carbocycles. The number of benzene rings is 2. The lowest BCUT2D eigenvalue weighted by Crippen LogP contribution is -2.31. The van der Waals surface area contributed by atoms with Gasteiger partial charge in [-0.1, -0.05) is 17.7 Å². The Morgan fingerprint density at radius 2 is 1.80 bits per heavy atom. The zero-order valence-corrected chi connectivity index (χ0v) is 15.4. The molecule has 0 spiro atoms. The molecule has 0 radical (unpaired) electrons. The Labute approximate surface area is 153 Å². The number of methoxy groups -OCH3 is 1. The highest BCUT2D eigenvalue weighted by atomic mass is 35.5. The maximum Gasteiger partial charge on any atom is 0.238 e. The van der Waals surface area contributed by atoms with Crippen molar-refractivity contribution >= 4 is 23.2 Å². The summed E-state index contributed by atoms with van der Waals surface area (Å²) in [7, 11) is 1.62. The number of hydrogen-bond donors (Lipinski definition) is 2. The largest absolute Gasteiger partial charge is 0.497 e. The minimum Gasteiger partial charge on any atom is -0.497 e. The lowest BCUT2D eigenvalue weighted by molar-refractivity contribution is -0.115. The number of anilines is 1. The third kappa shape index (κ3) is 5.96. The average Bonchev–Trinajstić information content (AvgIpc) is 2.58. The molecule has 2 aromatic carbocycles. The van der Waals surface area contributed by atoms with Crippen LogP contribution in [0.3, 0.4) is 0 Å². The second kappa shape index (κ2) is 9.30. The number of hydrogen-bond acceptors (Lipinski definition) is 4. The SMILES string of the molecule is COc1ccc(OCCNCC(=O)Nc2c(C)cc(C)cc2Cl)cc1. The quantitative estimate of drug-likeness (QED) is 0.705. The van der Waals surface area contributed by atoms with Crippen molar-refractivity contribution in [1.82, 2.24) is 5.32 Å². The van der Waals surface area contributed by atoms with Crippen molar-refractivity contribution in [2.75, 3.05) is 32.1 Å². The maximum absolute atomic E-state index is 12.0. The molecule has 0 bridgehead atoms. The van der Waals surface area contributed by atoms with Crippen LogP contribution < -0.4 is 20.1 Å². The highest BCUT2D eigenvalue weighted by Crippen LogP contribution is 2.27. The van der Waals surface area contributed by atoms with Crippen LogP contribution in [0.1, 0.15) is 11.1 Å². The smallest absolute Gasteiger partial charge is 0.238 e. The Bertz CT molecular complexity index is 694. The predicted molar refractivity (Wildman–Crippen MR) is 101 cm³/mol. The number of carbonyl (C=O) groups is 1. The van der Waals surface area contributed by atoms with Gasteiger partial charge in [-0.15, -0.1) is 0 Å². The topological polar surface area (TPSA) is 59.6 Å². The first-order chi connectivity index (χ1) is 12.0. The average molecular weight is 363 g/mol. The molecular formula is C19H23ClN2O3. The van der Waals surface area contributed by atoms with E-state index >= 15 is 0 Å². The summed E-state index contributed by atoms with van der Waals surface area (Å²) in [5.74, 6) is 1.40. The Morgan fingerprint density at radius 3 is 2.44 bits per heavy atom. The summed E-state index contributed by atoms with van der Waals surface area (Å²) in [6.07, 6.45) is 0. The van der Waals surface area contributed by atoms with Gasteiger partial charge in [-0.2, -0.15) is 0 Å². The number of rotatable bonds is 8. The van der Waals surface area contributed by atoms with Crippen molar-refractivity contribution in [3.8, 4) is 11.5 Å².